The molecule has 0 spiro atoms. The fraction of sp³-hybridized carbons (Fsp3) is 0.583. The molecule has 6 nitrogen and oxygen atoms in total. The number of aldehydes is 1. The highest BCUT2D eigenvalue weighted by atomic mass is 16.2. The molecule has 100 valence electrons. The van der Waals surface area contributed by atoms with E-state index in [2.05, 4.69) is 15.3 Å². The molecule has 2 atom stereocenters. The highest BCUT2D eigenvalue weighted by molar-refractivity contribution is 5.84. The summed E-state index contributed by atoms with van der Waals surface area (Å²) in [6.45, 7) is 3.99. The summed E-state index contributed by atoms with van der Waals surface area (Å²) < 4.78 is 0. The maximum absolute atomic E-state index is 11.8. The Morgan fingerprint density at radius 3 is 2.83 bits per heavy atom. The maximum Gasteiger partial charge on any atom is 0.237 e. The van der Waals surface area contributed by atoms with E-state index in [-0.39, 0.29) is 5.91 Å². The monoisotopic (exact) mass is 252 g/mol. The van der Waals surface area contributed by atoms with Crippen LogP contribution in [0, 0.1) is 5.92 Å². The van der Waals surface area contributed by atoms with Gasteiger partial charge in [0.1, 0.15) is 6.29 Å². The summed E-state index contributed by atoms with van der Waals surface area (Å²) in [5.41, 5.74) is 6.56. The summed E-state index contributed by atoms with van der Waals surface area (Å²) in [6, 6.07) is -1.15. The molecule has 0 radical (unpaired) electrons. The van der Waals surface area contributed by atoms with Crippen molar-refractivity contribution in [1.29, 1.82) is 0 Å². The minimum Gasteiger partial charge on any atom is -0.348 e. The van der Waals surface area contributed by atoms with Crippen LogP contribution in [0.4, 0.5) is 0 Å². The first-order valence-corrected chi connectivity index (χ1v) is 6.01. The standard InChI is InChI=1S/C12H20N4O2/c1-8(2)3-10(6-17)16-12(18)11(13)4-9-5-14-7-15-9/h5-8,10-11H,3-4,13H2,1-2H3,(H,14,15)(H,16,18)/t10-,11-/m0/s1. The number of rotatable bonds is 7. The zero-order valence-electron chi connectivity index (χ0n) is 10.7. The van der Waals surface area contributed by atoms with Gasteiger partial charge in [0.15, 0.2) is 0 Å². The second kappa shape index (κ2) is 6.90. The van der Waals surface area contributed by atoms with Crippen molar-refractivity contribution in [3.05, 3.63) is 18.2 Å². The molecule has 4 N–H and O–H groups in total. The molecule has 1 aromatic rings. The highest BCUT2D eigenvalue weighted by Gasteiger charge is 2.19. The number of carbonyl (C=O) groups is 2. The summed E-state index contributed by atoms with van der Waals surface area (Å²) in [4.78, 5) is 29.4. The molecule has 0 aliphatic rings. The van der Waals surface area contributed by atoms with E-state index in [1.807, 2.05) is 13.8 Å². The lowest BCUT2D eigenvalue weighted by Crippen LogP contribution is -2.47. The number of nitrogens with two attached hydrogens (primary N) is 1. The molecular formula is C12H20N4O2. The third-order valence-electron chi connectivity index (χ3n) is 2.55. The van der Waals surface area contributed by atoms with Crippen LogP contribution in [-0.2, 0) is 16.0 Å². The predicted octanol–water partition coefficient (Wildman–Crippen LogP) is 0.00930. The number of hydrogen-bond acceptors (Lipinski definition) is 4. The zero-order valence-corrected chi connectivity index (χ0v) is 10.7. The van der Waals surface area contributed by atoms with Crippen molar-refractivity contribution in [1.82, 2.24) is 15.3 Å². The lowest BCUT2D eigenvalue weighted by molar-refractivity contribution is -0.125. The van der Waals surface area contributed by atoms with Crippen molar-refractivity contribution >= 4 is 12.2 Å². The number of amides is 1. The first kappa shape index (κ1) is 14.4. The number of H-pyrrole nitrogens is 1. The van der Waals surface area contributed by atoms with Crippen LogP contribution in [0.2, 0.25) is 0 Å². The third-order valence-corrected chi connectivity index (χ3v) is 2.55. The zero-order chi connectivity index (χ0) is 13.5. The Balaban J connectivity index is 2.45. The third kappa shape index (κ3) is 4.67. The Morgan fingerprint density at radius 2 is 2.33 bits per heavy atom. The molecule has 0 bridgehead atoms. The number of carbonyl (C=O) groups excluding carboxylic acids is 2. The molecule has 1 heterocycles. The summed E-state index contributed by atoms with van der Waals surface area (Å²) in [7, 11) is 0. The van der Waals surface area contributed by atoms with Crippen molar-refractivity contribution in [3.8, 4) is 0 Å². The second-order valence-electron chi connectivity index (χ2n) is 4.77. The van der Waals surface area contributed by atoms with Gasteiger partial charge in [-0.2, -0.15) is 0 Å². The van der Waals surface area contributed by atoms with E-state index in [9.17, 15) is 9.59 Å². The maximum atomic E-state index is 11.8. The molecule has 0 aromatic carbocycles. The van der Waals surface area contributed by atoms with E-state index in [1.54, 1.807) is 6.20 Å². The second-order valence-corrected chi connectivity index (χ2v) is 4.77. The van der Waals surface area contributed by atoms with Gasteiger partial charge in [-0.3, -0.25) is 4.79 Å². The van der Waals surface area contributed by atoms with Crippen LogP contribution in [0.15, 0.2) is 12.5 Å². The highest BCUT2D eigenvalue weighted by Crippen LogP contribution is 2.03. The lowest BCUT2D eigenvalue weighted by atomic mass is 10.0. The van der Waals surface area contributed by atoms with Gasteiger partial charge in [-0.05, 0) is 12.3 Å². The van der Waals surface area contributed by atoms with Gasteiger partial charge in [-0.25, -0.2) is 4.98 Å². The number of aromatic amines is 1. The molecule has 6 heteroatoms. The van der Waals surface area contributed by atoms with Crippen molar-refractivity contribution in [2.45, 2.75) is 38.8 Å². The molecule has 0 saturated carbocycles. The van der Waals surface area contributed by atoms with E-state index in [0.29, 0.717) is 18.8 Å². The molecule has 1 aromatic heterocycles. The van der Waals surface area contributed by atoms with Crippen LogP contribution < -0.4 is 11.1 Å². The Hall–Kier alpha value is -1.69. The van der Waals surface area contributed by atoms with Crippen LogP contribution >= 0.6 is 0 Å². The lowest BCUT2D eigenvalue weighted by Gasteiger charge is -2.17. The summed E-state index contributed by atoms with van der Waals surface area (Å²) in [5.74, 6) is 0.0201. The van der Waals surface area contributed by atoms with Gasteiger partial charge in [0, 0.05) is 18.3 Å². The predicted molar refractivity (Wildman–Crippen MR) is 67.7 cm³/mol. The van der Waals surface area contributed by atoms with Gasteiger partial charge in [-0.1, -0.05) is 13.8 Å². The quantitative estimate of drug-likeness (QED) is 0.595. The molecular weight excluding hydrogens is 232 g/mol. The molecule has 0 unspecified atom stereocenters. The molecule has 0 aliphatic carbocycles. The topological polar surface area (TPSA) is 101 Å². The first-order valence-electron chi connectivity index (χ1n) is 6.01. The SMILES string of the molecule is CC(C)C[C@@H](C=O)NC(=O)[C@@H](N)Cc1cnc[nH]1. The van der Waals surface area contributed by atoms with E-state index >= 15 is 0 Å². The Bertz CT molecular complexity index is 375. The van der Waals surface area contributed by atoms with Crippen molar-refractivity contribution in [3.63, 3.8) is 0 Å². The van der Waals surface area contributed by atoms with Crippen molar-refractivity contribution in [2.24, 2.45) is 11.7 Å². The van der Waals surface area contributed by atoms with Crippen molar-refractivity contribution < 1.29 is 9.59 Å². The van der Waals surface area contributed by atoms with Crippen LogP contribution in [0.5, 0.6) is 0 Å². The number of aromatic nitrogens is 2. The summed E-state index contributed by atoms with van der Waals surface area (Å²) in [6.07, 6.45) is 4.90. The first-order chi connectivity index (χ1) is 8.52. The molecule has 1 rings (SSSR count). The van der Waals surface area contributed by atoms with Crippen LogP contribution in [0.3, 0.4) is 0 Å². The van der Waals surface area contributed by atoms with Gasteiger partial charge in [0.25, 0.3) is 0 Å². The molecule has 18 heavy (non-hydrogen) atoms. The van der Waals surface area contributed by atoms with Gasteiger partial charge in [0.2, 0.25) is 5.91 Å². The van der Waals surface area contributed by atoms with E-state index in [0.717, 1.165) is 12.0 Å². The number of hydrogen-bond donors (Lipinski definition) is 3. The average Bonchev–Trinajstić information content (AvgIpc) is 2.80. The average molecular weight is 252 g/mol. The fourth-order valence-corrected chi connectivity index (χ4v) is 1.67. The van der Waals surface area contributed by atoms with Gasteiger partial charge in [-0.15, -0.1) is 0 Å². The van der Waals surface area contributed by atoms with Crippen LogP contribution in [0.25, 0.3) is 0 Å². The Morgan fingerprint density at radius 1 is 1.61 bits per heavy atom. The minimum atomic E-state index is -0.680. The molecule has 0 fully saturated rings. The Labute approximate surface area is 106 Å². The fourth-order valence-electron chi connectivity index (χ4n) is 1.67. The molecule has 1 amide bonds. The molecule has 0 aliphatic heterocycles. The summed E-state index contributed by atoms with van der Waals surface area (Å²) in [5, 5.41) is 2.64. The number of nitrogens with zero attached hydrogens (tertiary/aromatic N) is 1. The van der Waals surface area contributed by atoms with E-state index < -0.39 is 12.1 Å². The van der Waals surface area contributed by atoms with Gasteiger partial charge < -0.3 is 20.8 Å². The smallest absolute Gasteiger partial charge is 0.237 e. The Kier molecular flexibility index (Phi) is 5.51. The van der Waals surface area contributed by atoms with Gasteiger partial charge in [0.05, 0.1) is 18.4 Å². The largest absolute Gasteiger partial charge is 0.348 e. The van der Waals surface area contributed by atoms with Gasteiger partial charge >= 0.3 is 0 Å². The van der Waals surface area contributed by atoms with E-state index in [1.165, 1.54) is 6.33 Å². The minimum absolute atomic E-state index is 0.317. The number of imidazole rings is 1. The normalized spacial score (nSPS) is 14.2. The van der Waals surface area contributed by atoms with E-state index in [4.69, 9.17) is 5.73 Å². The van der Waals surface area contributed by atoms with Crippen molar-refractivity contribution in [2.75, 3.05) is 0 Å². The van der Waals surface area contributed by atoms with Crippen LogP contribution in [-0.4, -0.2) is 34.2 Å². The van der Waals surface area contributed by atoms with Crippen LogP contribution in [0.1, 0.15) is 26.0 Å². The number of nitrogens with one attached hydrogen (secondary N) is 2. The molecule has 0 saturated heterocycles. The summed E-state index contributed by atoms with van der Waals surface area (Å²) >= 11 is 0.